The van der Waals surface area contributed by atoms with Crippen molar-refractivity contribution in [2.45, 2.75) is 45.4 Å². The molecule has 3 aromatic rings. The van der Waals surface area contributed by atoms with Crippen LogP contribution in [0.1, 0.15) is 46.4 Å². The number of imidazole rings is 1. The maximum absolute atomic E-state index is 13.3. The van der Waals surface area contributed by atoms with Crippen LogP contribution in [-0.4, -0.2) is 25.0 Å². The lowest BCUT2D eigenvalue weighted by molar-refractivity contribution is 0.0887. The van der Waals surface area contributed by atoms with Crippen molar-refractivity contribution in [3.63, 3.8) is 0 Å². The first-order chi connectivity index (χ1) is 12.1. The predicted molar refractivity (Wildman–Crippen MR) is 94.6 cm³/mol. The van der Waals surface area contributed by atoms with Crippen molar-refractivity contribution in [2.24, 2.45) is 5.92 Å². The number of fused-ring (bicyclic) bond motifs is 3. The quantitative estimate of drug-likeness (QED) is 0.783. The van der Waals surface area contributed by atoms with Crippen molar-refractivity contribution in [1.82, 2.24) is 14.1 Å². The maximum Gasteiger partial charge on any atom is 0.170 e. The SMILES string of the molecule is Cc1nccn1C[C@H]1CCc2c(c3cccc4c3n2CC[C@H]4O)C1=O. The Balaban J connectivity index is 1.63. The van der Waals surface area contributed by atoms with Crippen molar-refractivity contribution >= 4 is 16.7 Å². The van der Waals surface area contributed by atoms with E-state index in [9.17, 15) is 9.90 Å². The summed E-state index contributed by atoms with van der Waals surface area (Å²) < 4.78 is 4.35. The molecule has 128 valence electrons. The van der Waals surface area contributed by atoms with E-state index in [-0.39, 0.29) is 11.7 Å². The molecule has 0 bridgehead atoms. The number of benzene rings is 1. The number of hydrogen-bond donors (Lipinski definition) is 1. The number of aliphatic hydroxyl groups excluding tert-OH is 1. The zero-order valence-electron chi connectivity index (χ0n) is 14.3. The molecule has 0 radical (unpaired) electrons. The minimum Gasteiger partial charge on any atom is -0.388 e. The fourth-order valence-corrected chi connectivity index (χ4v) is 4.60. The van der Waals surface area contributed by atoms with E-state index in [1.165, 1.54) is 0 Å². The Morgan fingerprint density at radius 2 is 2.20 bits per heavy atom. The monoisotopic (exact) mass is 335 g/mol. The van der Waals surface area contributed by atoms with Gasteiger partial charge in [0.15, 0.2) is 5.78 Å². The molecule has 5 heteroatoms. The van der Waals surface area contributed by atoms with E-state index in [4.69, 9.17) is 0 Å². The summed E-state index contributed by atoms with van der Waals surface area (Å²) in [6.07, 6.45) is 5.83. The summed E-state index contributed by atoms with van der Waals surface area (Å²) >= 11 is 0. The molecule has 3 heterocycles. The summed E-state index contributed by atoms with van der Waals surface area (Å²) in [6.45, 7) is 3.46. The predicted octanol–water partition coefficient (Wildman–Crippen LogP) is 3.03. The molecule has 0 amide bonds. The van der Waals surface area contributed by atoms with Crippen LogP contribution < -0.4 is 0 Å². The molecule has 1 N–H and O–H groups in total. The van der Waals surface area contributed by atoms with E-state index >= 15 is 0 Å². The van der Waals surface area contributed by atoms with Gasteiger partial charge < -0.3 is 14.2 Å². The van der Waals surface area contributed by atoms with Gasteiger partial charge in [-0.3, -0.25) is 4.79 Å². The molecule has 5 nitrogen and oxygen atoms in total. The largest absolute Gasteiger partial charge is 0.388 e. The average molecular weight is 335 g/mol. The van der Waals surface area contributed by atoms with E-state index in [2.05, 4.69) is 14.1 Å². The molecule has 1 aliphatic heterocycles. The summed E-state index contributed by atoms with van der Waals surface area (Å²) in [5, 5.41) is 11.4. The summed E-state index contributed by atoms with van der Waals surface area (Å²) in [4.78, 5) is 17.6. The number of carbonyl (C=O) groups excluding carboxylic acids is 1. The van der Waals surface area contributed by atoms with Gasteiger partial charge in [-0.15, -0.1) is 0 Å². The first-order valence-corrected chi connectivity index (χ1v) is 8.99. The molecule has 0 saturated carbocycles. The number of para-hydroxylation sites is 1. The number of aromatic nitrogens is 3. The number of hydrogen-bond acceptors (Lipinski definition) is 3. The lowest BCUT2D eigenvalue weighted by Crippen LogP contribution is -2.27. The second-order valence-electron chi connectivity index (χ2n) is 7.25. The van der Waals surface area contributed by atoms with Gasteiger partial charge in [0.1, 0.15) is 5.82 Å². The number of ketones is 1. The standard InChI is InChI=1S/C20H21N3O2/c1-12-21-8-10-22(12)11-13-5-6-16-18(20(13)25)15-4-2-3-14-17(24)7-9-23(16)19(14)15/h2-4,8,10,13,17,24H,5-7,9,11H2,1H3/t13-,17-/m1/s1. The molecule has 25 heavy (non-hydrogen) atoms. The average Bonchev–Trinajstić information content (AvgIpc) is 3.16. The van der Waals surface area contributed by atoms with Gasteiger partial charge in [0.2, 0.25) is 0 Å². The van der Waals surface area contributed by atoms with Crippen molar-refractivity contribution in [1.29, 1.82) is 0 Å². The van der Waals surface area contributed by atoms with Gasteiger partial charge in [0, 0.05) is 53.6 Å². The van der Waals surface area contributed by atoms with E-state index in [0.29, 0.717) is 6.54 Å². The third-order valence-electron chi connectivity index (χ3n) is 5.89. The number of rotatable bonds is 2. The number of aliphatic hydroxyl groups is 1. The van der Waals surface area contributed by atoms with Crippen molar-refractivity contribution in [3.05, 3.63) is 53.2 Å². The normalized spacial score (nSPS) is 22.4. The van der Waals surface area contributed by atoms with Crippen LogP contribution in [0.4, 0.5) is 0 Å². The fourth-order valence-electron chi connectivity index (χ4n) is 4.60. The van der Waals surface area contributed by atoms with Gasteiger partial charge >= 0.3 is 0 Å². The Bertz CT molecular complexity index is 998. The number of carbonyl (C=O) groups is 1. The topological polar surface area (TPSA) is 60.1 Å². The van der Waals surface area contributed by atoms with Crippen LogP contribution >= 0.6 is 0 Å². The summed E-state index contributed by atoms with van der Waals surface area (Å²) in [6, 6.07) is 5.99. The Hall–Kier alpha value is -2.40. The highest BCUT2D eigenvalue weighted by atomic mass is 16.3. The molecule has 0 spiro atoms. The highest BCUT2D eigenvalue weighted by Crippen LogP contribution is 2.40. The summed E-state index contributed by atoms with van der Waals surface area (Å²) in [5.41, 5.74) is 4.09. The molecule has 1 aromatic carbocycles. The molecule has 0 unspecified atom stereocenters. The first-order valence-electron chi connectivity index (χ1n) is 8.99. The maximum atomic E-state index is 13.3. The van der Waals surface area contributed by atoms with Crippen LogP contribution in [0.15, 0.2) is 30.6 Å². The van der Waals surface area contributed by atoms with Crippen LogP contribution in [0.25, 0.3) is 10.9 Å². The van der Waals surface area contributed by atoms with Crippen molar-refractivity contribution < 1.29 is 9.90 Å². The third kappa shape index (κ3) is 2.05. The minimum absolute atomic E-state index is 0.00576. The Labute approximate surface area is 145 Å². The molecule has 2 aliphatic rings. The lowest BCUT2D eigenvalue weighted by Gasteiger charge is -2.25. The highest BCUT2D eigenvalue weighted by molar-refractivity contribution is 6.12. The zero-order valence-corrected chi connectivity index (χ0v) is 14.3. The van der Waals surface area contributed by atoms with Crippen molar-refractivity contribution in [2.75, 3.05) is 0 Å². The Morgan fingerprint density at radius 3 is 3.00 bits per heavy atom. The molecule has 2 atom stereocenters. The molecule has 0 fully saturated rings. The van der Waals surface area contributed by atoms with E-state index < -0.39 is 6.10 Å². The molecule has 1 aliphatic carbocycles. The lowest BCUT2D eigenvalue weighted by atomic mass is 9.84. The second-order valence-corrected chi connectivity index (χ2v) is 7.25. The van der Waals surface area contributed by atoms with Crippen LogP contribution in [-0.2, 0) is 19.5 Å². The minimum atomic E-state index is -0.424. The smallest absolute Gasteiger partial charge is 0.170 e. The van der Waals surface area contributed by atoms with Crippen LogP contribution in [0.2, 0.25) is 0 Å². The fraction of sp³-hybridized carbons (Fsp3) is 0.400. The summed E-state index contributed by atoms with van der Waals surface area (Å²) in [5.74, 6) is 1.18. The molecule has 5 rings (SSSR count). The van der Waals surface area contributed by atoms with Gasteiger partial charge in [-0.1, -0.05) is 18.2 Å². The van der Waals surface area contributed by atoms with Gasteiger partial charge in [0.05, 0.1) is 11.6 Å². The van der Waals surface area contributed by atoms with Crippen LogP contribution in [0.5, 0.6) is 0 Å². The number of Topliss-reactive ketones (excluding diaryl/α,β-unsaturated/α-hetero) is 1. The van der Waals surface area contributed by atoms with Crippen molar-refractivity contribution in [3.8, 4) is 0 Å². The number of aryl methyl sites for hydroxylation is 2. The Morgan fingerprint density at radius 1 is 1.32 bits per heavy atom. The first kappa shape index (κ1) is 14.9. The molecular weight excluding hydrogens is 314 g/mol. The molecule has 0 saturated heterocycles. The molecule has 2 aromatic heterocycles. The number of nitrogens with zero attached hydrogens (tertiary/aromatic N) is 3. The zero-order chi connectivity index (χ0) is 17.1. The van der Waals surface area contributed by atoms with Gasteiger partial charge in [-0.2, -0.15) is 0 Å². The Kier molecular flexibility index (Phi) is 3.16. The van der Waals surface area contributed by atoms with Crippen LogP contribution in [0.3, 0.4) is 0 Å². The highest BCUT2D eigenvalue weighted by Gasteiger charge is 2.35. The van der Waals surface area contributed by atoms with E-state index in [1.54, 1.807) is 6.20 Å². The van der Waals surface area contributed by atoms with Gasteiger partial charge in [-0.05, 0) is 26.2 Å². The van der Waals surface area contributed by atoms with E-state index in [0.717, 1.165) is 59.4 Å². The van der Waals surface area contributed by atoms with Gasteiger partial charge in [0.25, 0.3) is 0 Å². The summed E-state index contributed by atoms with van der Waals surface area (Å²) in [7, 11) is 0. The second kappa shape index (κ2) is 5.30. The van der Waals surface area contributed by atoms with Gasteiger partial charge in [-0.25, -0.2) is 4.98 Å². The van der Waals surface area contributed by atoms with E-state index in [1.807, 2.05) is 31.3 Å². The third-order valence-corrected chi connectivity index (χ3v) is 5.89. The van der Waals surface area contributed by atoms with Crippen LogP contribution in [0, 0.1) is 12.8 Å². The molecular formula is C20H21N3O2.